The van der Waals surface area contributed by atoms with E-state index < -0.39 is 0 Å². The number of nitrogens with zero attached hydrogens (tertiary/aromatic N) is 2. The fraction of sp³-hybridized carbons (Fsp3) is 0.348. The Kier molecular flexibility index (Phi) is 6.80. The summed E-state index contributed by atoms with van der Waals surface area (Å²) in [5.74, 6) is 0.0660. The molecule has 1 fully saturated rings. The summed E-state index contributed by atoms with van der Waals surface area (Å²) in [4.78, 5) is 17.2. The molecule has 1 unspecified atom stereocenters. The first-order valence-corrected chi connectivity index (χ1v) is 9.67. The van der Waals surface area contributed by atoms with Crippen LogP contribution in [0.5, 0.6) is 0 Å². The van der Waals surface area contributed by atoms with E-state index in [-0.39, 0.29) is 11.9 Å². The van der Waals surface area contributed by atoms with Crippen molar-refractivity contribution in [2.75, 3.05) is 38.0 Å². The first kappa shape index (κ1) is 19.3. The fourth-order valence-electron chi connectivity index (χ4n) is 3.28. The van der Waals surface area contributed by atoms with Crippen LogP contribution in [0.15, 0.2) is 60.7 Å². The number of carbonyl (C=O) groups excluding carboxylic acids is 1. The number of nitrogens with one attached hydrogen (secondary N) is 1. The van der Waals surface area contributed by atoms with Crippen molar-refractivity contribution < 1.29 is 4.79 Å². The lowest BCUT2D eigenvalue weighted by Crippen LogP contribution is -2.52. The van der Waals surface area contributed by atoms with Crippen LogP contribution in [-0.4, -0.2) is 54.5 Å². The van der Waals surface area contributed by atoms with E-state index in [0.717, 1.165) is 38.4 Å². The number of benzene rings is 2. The molecule has 27 heavy (non-hydrogen) atoms. The Bertz CT molecular complexity index is 747. The SMILES string of the molecule is Cc1ccc(NC(=O)C(C)N2CCN(C/C=C/c3ccccc3)CC2)cc1. The molecule has 1 atom stereocenters. The van der Waals surface area contributed by atoms with Crippen molar-refractivity contribution in [3.63, 3.8) is 0 Å². The van der Waals surface area contributed by atoms with Gasteiger partial charge in [-0.1, -0.05) is 60.2 Å². The highest BCUT2D eigenvalue weighted by molar-refractivity contribution is 5.94. The molecule has 4 nitrogen and oxygen atoms in total. The molecule has 3 rings (SSSR count). The number of hydrogen-bond acceptors (Lipinski definition) is 3. The lowest BCUT2D eigenvalue weighted by Gasteiger charge is -2.37. The van der Waals surface area contributed by atoms with Crippen LogP contribution in [0.4, 0.5) is 5.69 Å². The molecule has 1 amide bonds. The van der Waals surface area contributed by atoms with Crippen LogP contribution in [-0.2, 0) is 4.79 Å². The maximum atomic E-state index is 12.5. The summed E-state index contributed by atoms with van der Waals surface area (Å²) >= 11 is 0. The molecule has 0 bridgehead atoms. The molecule has 2 aromatic rings. The zero-order valence-corrected chi connectivity index (χ0v) is 16.3. The maximum Gasteiger partial charge on any atom is 0.241 e. The van der Waals surface area contributed by atoms with Crippen LogP contribution in [0.2, 0.25) is 0 Å². The highest BCUT2D eigenvalue weighted by Gasteiger charge is 2.25. The minimum Gasteiger partial charge on any atom is -0.325 e. The largest absolute Gasteiger partial charge is 0.325 e. The van der Waals surface area contributed by atoms with Crippen molar-refractivity contribution in [3.8, 4) is 0 Å². The highest BCUT2D eigenvalue weighted by Crippen LogP contribution is 2.12. The average Bonchev–Trinajstić information content (AvgIpc) is 2.70. The molecule has 1 heterocycles. The number of aryl methyl sites for hydroxylation is 1. The van der Waals surface area contributed by atoms with E-state index in [9.17, 15) is 4.79 Å². The van der Waals surface area contributed by atoms with E-state index in [1.165, 1.54) is 11.1 Å². The summed E-state index contributed by atoms with van der Waals surface area (Å²) in [6, 6.07) is 18.2. The topological polar surface area (TPSA) is 35.6 Å². The lowest BCUT2D eigenvalue weighted by molar-refractivity contribution is -0.121. The summed E-state index contributed by atoms with van der Waals surface area (Å²) in [6.07, 6.45) is 4.39. The average molecular weight is 364 g/mol. The van der Waals surface area contributed by atoms with Gasteiger partial charge in [0, 0.05) is 38.4 Å². The van der Waals surface area contributed by atoms with Crippen molar-refractivity contribution >= 4 is 17.7 Å². The normalized spacial score (nSPS) is 17.1. The summed E-state index contributed by atoms with van der Waals surface area (Å²) in [5.41, 5.74) is 3.29. The van der Waals surface area contributed by atoms with Crippen molar-refractivity contribution in [1.29, 1.82) is 0 Å². The summed E-state index contributed by atoms with van der Waals surface area (Å²) < 4.78 is 0. The quantitative estimate of drug-likeness (QED) is 0.851. The van der Waals surface area contributed by atoms with Gasteiger partial charge in [0.15, 0.2) is 0 Å². The third kappa shape index (κ3) is 5.78. The predicted octanol–water partition coefficient (Wildman–Crippen LogP) is 3.65. The van der Waals surface area contributed by atoms with Gasteiger partial charge in [-0.15, -0.1) is 0 Å². The number of hydrogen-bond donors (Lipinski definition) is 1. The Morgan fingerprint density at radius 3 is 2.37 bits per heavy atom. The Morgan fingerprint density at radius 2 is 1.70 bits per heavy atom. The maximum absolute atomic E-state index is 12.5. The Labute approximate surface area is 162 Å². The van der Waals surface area contributed by atoms with Gasteiger partial charge in [0.1, 0.15) is 0 Å². The number of amides is 1. The third-order valence-electron chi connectivity index (χ3n) is 5.13. The van der Waals surface area contributed by atoms with Gasteiger partial charge in [-0.25, -0.2) is 0 Å². The van der Waals surface area contributed by atoms with E-state index in [1.807, 2.05) is 44.2 Å². The van der Waals surface area contributed by atoms with E-state index in [1.54, 1.807) is 0 Å². The molecule has 2 aromatic carbocycles. The van der Waals surface area contributed by atoms with Gasteiger partial charge in [0.25, 0.3) is 0 Å². The summed E-state index contributed by atoms with van der Waals surface area (Å²) in [7, 11) is 0. The van der Waals surface area contributed by atoms with E-state index in [2.05, 4.69) is 51.5 Å². The van der Waals surface area contributed by atoms with Gasteiger partial charge >= 0.3 is 0 Å². The standard InChI is InChI=1S/C23H29N3O/c1-19-10-12-22(13-11-19)24-23(27)20(2)26-17-15-25(16-18-26)14-6-9-21-7-4-3-5-8-21/h3-13,20H,14-18H2,1-2H3,(H,24,27)/b9-6+. The van der Waals surface area contributed by atoms with E-state index in [0.29, 0.717) is 0 Å². The molecule has 0 spiro atoms. The second-order valence-electron chi connectivity index (χ2n) is 7.18. The highest BCUT2D eigenvalue weighted by atomic mass is 16.2. The van der Waals surface area contributed by atoms with Gasteiger partial charge in [0.2, 0.25) is 5.91 Å². The number of carbonyl (C=O) groups is 1. The Balaban J connectivity index is 1.43. The number of rotatable bonds is 6. The van der Waals surface area contributed by atoms with Crippen LogP contribution in [0.3, 0.4) is 0 Å². The molecule has 1 N–H and O–H groups in total. The van der Waals surface area contributed by atoms with Crippen LogP contribution in [0, 0.1) is 6.92 Å². The molecule has 0 aromatic heterocycles. The second kappa shape index (κ2) is 9.49. The third-order valence-corrected chi connectivity index (χ3v) is 5.13. The molecule has 0 aliphatic carbocycles. The van der Waals surface area contributed by atoms with Crippen LogP contribution >= 0.6 is 0 Å². The first-order valence-electron chi connectivity index (χ1n) is 9.67. The van der Waals surface area contributed by atoms with Crippen molar-refractivity contribution in [3.05, 3.63) is 71.8 Å². The van der Waals surface area contributed by atoms with Gasteiger partial charge in [-0.05, 0) is 31.5 Å². The lowest BCUT2D eigenvalue weighted by atomic mass is 10.2. The Morgan fingerprint density at radius 1 is 1.04 bits per heavy atom. The molecule has 142 valence electrons. The van der Waals surface area contributed by atoms with Gasteiger partial charge in [-0.3, -0.25) is 14.6 Å². The van der Waals surface area contributed by atoms with Crippen LogP contribution in [0.1, 0.15) is 18.1 Å². The van der Waals surface area contributed by atoms with Crippen molar-refractivity contribution in [1.82, 2.24) is 9.80 Å². The van der Waals surface area contributed by atoms with Crippen LogP contribution < -0.4 is 5.32 Å². The van der Waals surface area contributed by atoms with Crippen molar-refractivity contribution in [2.24, 2.45) is 0 Å². The molecule has 4 heteroatoms. The van der Waals surface area contributed by atoms with E-state index in [4.69, 9.17) is 0 Å². The number of anilines is 1. The molecule has 1 aliphatic heterocycles. The predicted molar refractivity (Wildman–Crippen MR) is 113 cm³/mol. The molecule has 0 saturated carbocycles. The molecular weight excluding hydrogens is 334 g/mol. The smallest absolute Gasteiger partial charge is 0.241 e. The molecular formula is C23H29N3O. The summed E-state index contributed by atoms with van der Waals surface area (Å²) in [6.45, 7) is 8.80. The first-order chi connectivity index (χ1) is 13.1. The van der Waals surface area contributed by atoms with Gasteiger partial charge in [-0.2, -0.15) is 0 Å². The van der Waals surface area contributed by atoms with Gasteiger partial charge < -0.3 is 5.32 Å². The zero-order chi connectivity index (χ0) is 19.1. The van der Waals surface area contributed by atoms with E-state index >= 15 is 0 Å². The zero-order valence-electron chi connectivity index (χ0n) is 16.3. The molecule has 0 radical (unpaired) electrons. The fourth-order valence-corrected chi connectivity index (χ4v) is 3.28. The monoisotopic (exact) mass is 363 g/mol. The molecule has 1 saturated heterocycles. The van der Waals surface area contributed by atoms with Gasteiger partial charge in [0.05, 0.1) is 6.04 Å². The minimum absolute atomic E-state index is 0.0660. The van der Waals surface area contributed by atoms with Crippen LogP contribution in [0.25, 0.3) is 6.08 Å². The Hall–Kier alpha value is -2.43. The summed E-state index contributed by atoms with van der Waals surface area (Å²) in [5, 5.41) is 3.02. The minimum atomic E-state index is -0.117. The molecule has 1 aliphatic rings. The number of piperazine rings is 1. The second-order valence-corrected chi connectivity index (χ2v) is 7.18. The van der Waals surface area contributed by atoms with Crippen molar-refractivity contribution in [2.45, 2.75) is 19.9 Å².